The van der Waals surface area contributed by atoms with Crippen molar-refractivity contribution in [2.24, 2.45) is 5.92 Å². The van der Waals surface area contributed by atoms with E-state index in [0.717, 1.165) is 19.3 Å². The Hall–Kier alpha value is -1.31. The van der Waals surface area contributed by atoms with E-state index in [0.29, 0.717) is 12.5 Å². The van der Waals surface area contributed by atoms with Crippen LogP contribution in [-0.2, 0) is 9.53 Å². The Morgan fingerprint density at radius 2 is 1.94 bits per heavy atom. The highest BCUT2D eigenvalue weighted by molar-refractivity contribution is 5.73. The van der Waals surface area contributed by atoms with Crippen LogP contribution in [0, 0.1) is 5.92 Å². The lowest BCUT2D eigenvalue weighted by atomic mass is 9.75. The number of hydrogen-bond donors (Lipinski definition) is 0. The molecule has 92 valence electrons. The molecule has 0 bridgehead atoms. The van der Waals surface area contributed by atoms with Crippen molar-refractivity contribution in [1.82, 2.24) is 0 Å². The van der Waals surface area contributed by atoms with Gasteiger partial charge in [0.25, 0.3) is 0 Å². The predicted octanol–water partition coefficient (Wildman–Crippen LogP) is 3.52. The SMILES string of the molecule is CCOC(=O)C1CCCC[C@H]1c1ccccc1. The average Bonchev–Trinajstić information content (AvgIpc) is 2.40. The van der Waals surface area contributed by atoms with Crippen LogP contribution in [0.4, 0.5) is 0 Å². The second kappa shape index (κ2) is 5.85. The maximum Gasteiger partial charge on any atom is 0.309 e. The summed E-state index contributed by atoms with van der Waals surface area (Å²) in [5.74, 6) is 0.399. The lowest BCUT2D eigenvalue weighted by Crippen LogP contribution is -2.27. The Balaban J connectivity index is 2.15. The van der Waals surface area contributed by atoms with Crippen molar-refractivity contribution >= 4 is 5.97 Å². The molecule has 1 unspecified atom stereocenters. The van der Waals surface area contributed by atoms with Gasteiger partial charge >= 0.3 is 5.97 Å². The first-order chi connectivity index (χ1) is 8.33. The third-order valence-corrected chi connectivity index (χ3v) is 3.58. The summed E-state index contributed by atoms with van der Waals surface area (Å²) in [6, 6.07) is 10.4. The van der Waals surface area contributed by atoms with Gasteiger partial charge in [0.1, 0.15) is 0 Å². The minimum Gasteiger partial charge on any atom is -0.466 e. The molecule has 0 aliphatic heterocycles. The highest BCUT2D eigenvalue weighted by atomic mass is 16.5. The van der Waals surface area contributed by atoms with Crippen molar-refractivity contribution in [3.8, 4) is 0 Å². The van der Waals surface area contributed by atoms with Crippen molar-refractivity contribution in [3.63, 3.8) is 0 Å². The minimum atomic E-state index is -0.0129. The summed E-state index contributed by atoms with van der Waals surface area (Å²) in [5, 5.41) is 0. The molecule has 2 heteroatoms. The molecule has 1 saturated carbocycles. The van der Waals surface area contributed by atoms with E-state index < -0.39 is 0 Å². The number of benzene rings is 1. The van der Waals surface area contributed by atoms with E-state index in [1.54, 1.807) is 0 Å². The van der Waals surface area contributed by atoms with Crippen molar-refractivity contribution in [2.45, 2.75) is 38.5 Å². The Morgan fingerprint density at radius 1 is 1.24 bits per heavy atom. The summed E-state index contributed by atoms with van der Waals surface area (Å²) in [6.07, 6.45) is 4.44. The number of rotatable bonds is 3. The van der Waals surface area contributed by atoms with Crippen LogP contribution in [0.15, 0.2) is 30.3 Å². The molecule has 0 amide bonds. The Bertz CT molecular complexity index is 358. The van der Waals surface area contributed by atoms with Gasteiger partial charge in [-0.1, -0.05) is 43.2 Å². The van der Waals surface area contributed by atoms with E-state index in [1.165, 1.54) is 12.0 Å². The number of hydrogen-bond acceptors (Lipinski definition) is 2. The fourth-order valence-electron chi connectivity index (χ4n) is 2.76. The van der Waals surface area contributed by atoms with Crippen molar-refractivity contribution in [2.75, 3.05) is 6.61 Å². The first kappa shape index (κ1) is 12.2. The molecule has 17 heavy (non-hydrogen) atoms. The molecular weight excluding hydrogens is 212 g/mol. The number of esters is 1. The first-order valence-corrected chi connectivity index (χ1v) is 6.54. The van der Waals surface area contributed by atoms with E-state index >= 15 is 0 Å². The van der Waals surface area contributed by atoms with Crippen LogP contribution in [0.1, 0.15) is 44.1 Å². The quantitative estimate of drug-likeness (QED) is 0.745. The molecule has 2 atom stereocenters. The third-order valence-electron chi connectivity index (χ3n) is 3.58. The van der Waals surface area contributed by atoms with Crippen LogP contribution in [0.25, 0.3) is 0 Å². The van der Waals surface area contributed by atoms with E-state index in [-0.39, 0.29) is 11.9 Å². The van der Waals surface area contributed by atoms with Crippen molar-refractivity contribution < 1.29 is 9.53 Å². The predicted molar refractivity (Wildman–Crippen MR) is 67.8 cm³/mol. The zero-order valence-electron chi connectivity index (χ0n) is 10.4. The van der Waals surface area contributed by atoms with Gasteiger partial charge in [-0.25, -0.2) is 0 Å². The highest BCUT2D eigenvalue weighted by Gasteiger charge is 2.32. The molecule has 1 aliphatic rings. The average molecular weight is 232 g/mol. The van der Waals surface area contributed by atoms with Crippen molar-refractivity contribution in [1.29, 1.82) is 0 Å². The van der Waals surface area contributed by atoms with E-state index in [1.807, 2.05) is 25.1 Å². The van der Waals surface area contributed by atoms with Gasteiger partial charge in [-0.05, 0) is 31.2 Å². The second-order valence-corrected chi connectivity index (χ2v) is 4.66. The lowest BCUT2D eigenvalue weighted by molar-refractivity contribution is -0.149. The number of ether oxygens (including phenoxy) is 1. The van der Waals surface area contributed by atoms with Gasteiger partial charge in [0.2, 0.25) is 0 Å². The van der Waals surface area contributed by atoms with Crippen LogP contribution < -0.4 is 0 Å². The summed E-state index contributed by atoms with van der Waals surface area (Å²) in [4.78, 5) is 12.0. The zero-order valence-corrected chi connectivity index (χ0v) is 10.4. The van der Waals surface area contributed by atoms with Gasteiger partial charge in [0.15, 0.2) is 0 Å². The van der Waals surface area contributed by atoms with E-state index in [9.17, 15) is 4.79 Å². The molecule has 2 nitrogen and oxygen atoms in total. The molecule has 0 radical (unpaired) electrons. The molecule has 0 saturated heterocycles. The van der Waals surface area contributed by atoms with E-state index in [4.69, 9.17) is 4.74 Å². The standard InChI is InChI=1S/C15H20O2/c1-2-17-15(16)14-11-7-6-10-13(14)12-8-4-3-5-9-12/h3-5,8-9,13-14H,2,6-7,10-11H2,1H3/t13-,14?/m0/s1. The van der Waals surface area contributed by atoms with Crippen LogP contribution in [0.5, 0.6) is 0 Å². The molecular formula is C15H20O2. The number of carbonyl (C=O) groups excluding carboxylic acids is 1. The highest BCUT2D eigenvalue weighted by Crippen LogP contribution is 2.38. The van der Waals surface area contributed by atoms with Gasteiger partial charge < -0.3 is 4.74 Å². The summed E-state index contributed by atoms with van der Waals surface area (Å²) in [5.41, 5.74) is 1.28. The molecule has 0 heterocycles. The Labute approximate surface area is 103 Å². The van der Waals surface area contributed by atoms with Gasteiger partial charge in [0, 0.05) is 0 Å². The van der Waals surface area contributed by atoms with Crippen LogP contribution in [0.2, 0.25) is 0 Å². The third kappa shape index (κ3) is 2.87. The molecule has 0 N–H and O–H groups in total. The summed E-state index contributed by atoms with van der Waals surface area (Å²) in [6.45, 7) is 2.36. The fraction of sp³-hybridized carbons (Fsp3) is 0.533. The second-order valence-electron chi connectivity index (χ2n) is 4.66. The summed E-state index contributed by atoms with van der Waals surface area (Å²) < 4.78 is 5.19. The number of carbonyl (C=O) groups is 1. The first-order valence-electron chi connectivity index (χ1n) is 6.54. The van der Waals surface area contributed by atoms with Crippen molar-refractivity contribution in [3.05, 3.63) is 35.9 Å². The Kier molecular flexibility index (Phi) is 4.18. The van der Waals surface area contributed by atoms with Gasteiger partial charge in [-0.15, -0.1) is 0 Å². The molecule has 1 aliphatic carbocycles. The lowest BCUT2D eigenvalue weighted by Gasteiger charge is -2.30. The molecule has 2 rings (SSSR count). The molecule has 1 aromatic carbocycles. The largest absolute Gasteiger partial charge is 0.466 e. The Morgan fingerprint density at radius 3 is 2.65 bits per heavy atom. The molecule has 0 spiro atoms. The maximum atomic E-state index is 12.0. The molecule has 1 fully saturated rings. The maximum absolute atomic E-state index is 12.0. The zero-order chi connectivity index (χ0) is 12.1. The van der Waals surface area contributed by atoms with Gasteiger partial charge in [0.05, 0.1) is 12.5 Å². The topological polar surface area (TPSA) is 26.3 Å². The van der Waals surface area contributed by atoms with Gasteiger partial charge in [-0.3, -0.25) is 4.79 Å². The summed E-state index contributed by atoms with van der Waals surface area (Å²) >= 11 is 0. The van der Waals surface area contributed by atoms with E-state index in [2.05, 4.69) is 12.1 Å². The van der Waals surface area contributed by atoms with Crippen LogP contribution >= 0.6 is 0 Å². The van der Waals surface area contributed by atoms with Crippen LogP contribution in [-0.4, -0.2) is 12.6 Å². The summed E-state index contributed by atoms with van der Waals surface area (Å²) in [7, 11) is 0. The fourth-order valence-corrected chi connectivity index (χ4v) is 2.76. The van der Waals surface area contributed by atoms with Crippen LogP contribution in [0.3, 0.4) is 0 Å². The smallest absolute Gasteiger partial charge is 0.309 e. The monoisotopic (exact) mass is 232 g/mol. The molecule has 1 aromatic rings. The minimum absolute atomic E-state index is 0.0129. The normalized spacial score (nSPS) is 24.3. The molecule has 0 aromatic heterocycles. The van der Waals surface area contributed by atoms with Gasteiger partial charge in [-0.2, -0.15) is 0 Å².